The van der Waals surface area contributed by atoms with Crippen LogP contribution in [0.1, 0.15) is 47.6 Å². The van der Waals surface area contributed by atoms with E-state index in [4.69, 9.17) is 5.73 Å². The number of thiazole rings is 1. The van der Waals surface area contributed by atoms with E-state index in [1.165, 1.54) is 11.3 Å². The van der Waals surface area contributed by atoms with Gasteiger partial charge in [0, 0.05) is 0 Å². The van der Waals surface area contributed by atoms with Crippen LogP contribution in [0, 0.1) is 19.8 Å². The molecule has 0 aliphatic rings. The zero-order valence-electron chi connectivity index (χ0n) is 12.0. The minimum absolute atomic E-state index is 0.0757. The molecule has 1 unspecified atom stereocenters. The Labute approximate surface area is 117 Å². The zero-order valence-corrected chi connectivity index (χ0v) is 12.9. The monoisotopic (exact) mass is 283 g/mol. The molecule has 19 heavy (non-hydrogen) atoms. The van der Waals surface area contributed by atoms with Crippen LogP contribution in [0.15, 0.2) is 0 Å². The first-order valence-corrected chi connectivity index (χ1v) is 7.12. The summed E-state index contributed by atoms with van der Waals surface area (Å²) in [6.07, 6.45) is 0.461. The van der Waals surface area contributed by atoms with Crippen molar-refractivity contribution in [2.75, 3.05) is 0 Å². The molecule has 0 saturated carbocycles. The van der Waals surface area contributed by atoms with Gasteiger partial charge in [-0.05, 0) is 26.2 Å². The van der Waals surface area contributed by atoms with Gasteiger partial charge in [0.1, 0.15) is 10.4 Å². The third-order valence-electron chi connectivity index (χ3n) is 3.43. The molecule has 0 spiro atoms. The number of nitrogens with one attached hydrogen (secondary N) is 1. The molecule has 5 nitrogen and oxygen atoms in total. The molecule has 1 heterocycles. The van der Waals surface area contributed by atoms with Crippen LogP contribution in [0.4, 0.5) is 0 Å². The summed E-state index contributed by atoms with van der Waals surface area (Å²) in [6, 6.07) is 0. The van der Waals surface area contributed by atoms with Crippen molar-refractivity contribution in [2.24, 2.45) is 11.7 Å². The highest BCUT2D eigenvalue weighted by molar-refractivity contribution is 7.13. The molecule has 6 heteroatoms. The van der Waals surface area contributed by atoms with Gasteiger partial charge in [-0.3, -0.25) is 9.59 Å². The quantitative estimate of drug-likeness (QED) is 0.863. The fourth-order valence-corrected chi connectivity index (χ4v) is 2.98. The number of rotatable bonds is 5. The van der Waals surface area contributed by atoms with Crippen molar-refractivity contribution in [1.29, 1.82) is 0 Å². The highest BCUT2D eigenvalue weighted by Gasteiger charge is 2.40. The second-order valence-electron chi connectivity index (χ2n) is 4.95. The lowest BCUT2D eigenvalue weighted by molar-refractivity contribution is -0.126. The molecule has 0 aliphatic heterocycles. The van der Waals surface area contributed by atoms with E-state index in [1.54, 1.807) is 6.92 Å². The molecule has 0 radical (unpaired) electrons. The minimum atomic E-state index is -1.01. The van der Waals surface area contributed by atoms with E-state index in [-0.39, 0.29) is 11.8 Å². The van der Waals surface area contributed by atoms with Gasteiger partial charge in [-0.1, -0.05) is 20.8 Å². The van der Waals surface area contributed by atoms with Gasteiger partial charge in [0.15, 0.2) is 0 Å². The van der Waals surface area contributed by atoms with Crippen molar-refractivity contribution < 1.29 is 9.59 Å². The van der Waals surface area contributed by atoms with E-state index >= 15 is 0 Å². The maximum absolute atomic E-state index is 12.3. The first-order chi connectivity index (χ1) is 8.74. The number of hydrogen-bond acceptors (Lipinski definition) is 4. The van der Waals surface area contributed by atoms with Crippen molar-refractivity contribution >= 4 is 23.2 Å². The van der Waals surface area contributed by atoms with Gasteiger partial charge in [-0.2, -0.15) is 0 Å². The van der Waals surface area contributed by atoms with E-state index in [9.17, 15) is 9.59 Å². The molecule has 106 valence electrons. The zero-order chi connectivity index (χ0) is 14.8. The molecule has 1 rings (SSSR count). The van der Waals surface area contributed by atoms with Crippen LogP contribution in [-0.2, 0) is 4.79 Å². The van der Waals surface area contributed by atoms with Crippen LogP contribution in [-0.4, -0.2) is 22.3 Å². The molecule has 3 N–H and O–H groups in total. The third kappa shape index (κ3) is 2.94. The number of amides is 2. The number of nitrogens with zero attached hydrogens (tertiary/aromatic N) is 1. The van der Waals surface area contributed by atoms with Gasteiger partial charge in [-0.15, -0.1) is 11.3 Å². The maximum atomic E-state index is 12.3. The highest BCUT2D eigenvalue weighted by atomic mass is 32.1. The molecule has 0 aliphatic carbocycles. The summed E-state index contributed by atoms with van der Waals surface area (Å²) < 4.78 is 0. The lowest BCUT2D eigenvalue weighted by atomic mass is 9.83. The van der Waals surface area contributed by atoms with Crippen molar-refractivity contribution in [2.45, 2.75) is 46.6 Å². The predicted molar refractivity (Wildman–Crippen MR) is 76.1 cm³/mol. The predicted octanol–water partition coefficient (Wildman–Crippen LogP) is 1.78. The van der Waals surface area contributed by atoms with Crippen LogP contribution >= 0.6 is 11.3 Å². The van der Waals surface area contributed by atoms with Crippen molar-refractivity contribution in [3.05, 3.63) is 15.6 Å². The Morgan fingerprint density at radius 3 is 2.32 bits per heavy atom. The lowest BCUT2D eigenvalue weighted by Crippen LogP contribution is -2.60. The van der Waals surface area contributed by atoms with Crippen LogP contribution < -0.4 is 11.1 Å². The lowest BCUT2D eigenvalue weighted by Gasteiger charge is -2.34. The van der Waals surface area contributed by atoms with Gasteiger partial charge in [0.05, 0.1) is 10.7 Å². The first kappa shape index (κ1) is 15.6. The van der Waals surface area contributed by atoms with Crippen LogP contribution in [0.3, 0.4) is 0 Å². The largest absolute Gasteiger partial charge is 0.368 e. The first-order valence-electron chi connectivity index (χ1n) is 6.31. The van der Waals surface area contributed by atoms with Crippen molar-refractivity contribution in [3.63, 3.8) is 0 Å². The van der Waals surface area contributed by atoms with E-state index in [0.717, 1.165) is 5.01 Å². The van der Waals surface area contributed by atoms with E-state index in [2.05, 4.69) is 10.3 Å². The average molecular weight is 283 g/mol. The Hall–Kier alpha value is -1.43. The van der Waals surface area contributed by atoms with Crippen LogP contribution in [0.2, 0.25) is 0 Å². The fourth-order valence-electron chi connectivity index (χ4n) is 2.16. The maximum Gasteiger partial charge on any atom is 0.264 e. The Morgan fingerprint density at radius 2 is 2.00 bits per heavy atom. The minimum Gasteiger partial charge on any atom is -0.368 e. The molecule has 0 aromatic carbocycles. The smallest absolute Gasteiger partial charge is 0.264 e. The average Bonchev–Trinajstić information content (AvgIpc) is 2.64. The van der Waals surface area contributed by atoms with Crippen LogP contribution in [0.5, 0.6) is 0 Å². The number of carbonyl (C=O) groups excluding carboxylic acids is 2. The number of aromatic nitrogens is 1. The second-order valence-corrected chi connectivity index (χ2v) is 6.15. The van der Waals surface area contributed by atoms with Gasteiger partial charge < -0.3 is 11.1 Å². The summed E-state index contributed by atoms with van der Waals surface area (Å²) in [4.78, 5) is 28.8. The second kappa shape index (κ2) is 5.69. The van der Waals surface area contributed by atoms with E-state index in [0.29, 0.717) is 17.0 Å². The fraction of sp³-hybridized carbons (Fsp3) is 0.615. The molecular weight excluding hydrogens is 262 g/mol. The van der Waals surface area contributed by atoms with Crippen LogP contribution in [0.25, 0.3) is 0 Å². The molecule has 1 aromatic rings. The topological polar surface area (TPSA) is 85.1 Å². The summed E-state index contributed by atoms with van der Waals surface area (Å²) in [5.74, 6) is -0.858. The number of carbonyl (C=O) groups is 2. The number of aryl methyl sites for hydroxylation is 2. The Kier molecular flexibility index (Phi) is 4.68. The van der Waals surface area contributed by atoms with Crippen molar-refractivity contribution in [3.8, 4) is 0 Å². The summed E-state index contributed by atoms with van der Waals surface area (Å²) >= 11 is 1.32. The summed E-state index contributed by atoms with van der Waals surface area (Å²) in [7, 11) is 0. The summed E-state index contributed by atoms with van der Waals surface area (Å²) in [5, 5.41) is 3.63. The van der Waals surface area contributed by atoms with Gasteiger partial charge in [-0.25, -0.2) is 4.98 Å². The Balaban J connectivity index is 3.07. The Bertz CT molecular complexity index is 496. The van der Waals surface area contributed by atoms with Gasteiger partial charge >= 0.3 is 0 Å². The van der Waals surface area contributed by atoms with Crippen molar-refractivity contribution in [1.82, 2.24) is 10.3 Å². The molecule has 1 atom stereocenters. The van der Waals surface area contributed by atoms with Gasteiger partial charge in [0.2, 0.25) is 5.91 Å². The molecule has 1 aromatic heterocycles. The molecule has 2 amide bonds. The Morgan fingerprint density at radius 1 is 1.42 bits per heavy atom. The standard InChI is InChI=1S/C13H21N3O2S/c1-6-13(7(2)3,12(14)18)16-11(17)10-8(4)15-9(5)19-10/h7H,6H2,1-5H3,(H2,14,18)(H,16,17). The van der Waals surface area contributed by atoms with Gasteiger partial charge in [0.25, 0.3) is 5.91 Å². The third-order valence-corrected chi connectivity index (χ3v) is 4.50. The number of primary amides is 1. The normalized spacial score (nSPS) is 14.2. The number of hydrogen-bond donors (Lipinski definition) is 2. The number of nitrogens with two attached hydrogens (primary N) is 1. The molecule has 0 fully saturated rings. The molecular formula is C13H21N3O2S. The van der Waals surface area contributed by atoms with E-state index in [1.807, 2.05) is 27.7 Å². The summed E-state index contributed by atoms with van der Waals surface area (Å²) in [5.41, 5.74) is 5.15. The molecule has 0 saturated heterocycles. The van der Waals surface area contributed by atoms with E-state index < -0.39 is 11.4 Å². The summed E-state index contributed by atoms with van der Waals surface area (Å²) in [6.45, 7) is 9.22. The molecule has 0 bridgehead atoms. The SMILES string of the molecule is CCC(NC(=O)c1sc(C)nc1C)(C(N)=O)C(C)C. The highest BCUT2D eigenvalue weighted by Crippen LogP contribution is 2.24.